The molecule has 4 aliphatic heterocycles. The van der Waals surface area contributed by atoms with E-state index in [1.807, 2.05) is 53.5 Å². The number of hydrogen-bond donors (Lipinski definition) is 2. The average Bonchev–Trinajstić information content (AvgIpc) is 3.63. The van der Waals surface area contributed by atoms with Crippen LogP contribution >= 0.6 is 15.9 Å². The molecule has 45 heavy (non-hydrogen) atoms. The fourth-order valence-corrected chi connectivity index (χ4v) is 8.68. The second-order valence-corrected chi connectivity index (χ2v) is 13.8. The number of esters is 1. The van der Waals surface area contributed by atoms with Gasteiger partial charge in [-0.1, -0.05) is 77.7 Å². The number of likely N-dealkylation sites (tertiary alicyclic amines) is 1. The Labute approximate surface area is 272 Å². The topological polar surface area (TPSA) is 125 Å². The molecule has 1 aliphatic carbocycles. The molecule has 0 radical (unpaired) electrons. The van der Waals surface area contributed by atoms with Crippen LogP contribution in [-0.2, 0) is 28.7 Å². The highest BCUT2D eigenvalue weighted by Gasteiger charge is 2.75. The van der Waals surface area contributed by atoms with E-state index in [-0.39, 0.29) is 43.3 Å². The number of carbonyl (C=O) groups is 4. The normalized spacial score (nSPS) is 35.2. The molecule has 242 valence electrons. The number of carbonyl (C=O) groups excluding carboxylic acids is 4. The number of nitrogens with zero attached hydrogens (tertiary/aromatic N) is 2. The summed E-state index contributed by atoms with van der Waals surface area (Å²) in [4.78, 5) is 59.7. The van der Waals surface area contributed by atoms with Gasteiger partial charge in [0.2, 0.25) is 17.7 Å². The van der Waals surface area contributed by atoms with Crippen LogP contribution in [0.15, 0.2) is 53.0 Å². The molecule has 5 aliphatic rings. The SMILES string of the molecule is C[C@@H]1NC(=O)CC/C=C\CN(C2CCCCC2)C(=O)[C@H]2N(CCCO)C(=O)[C@@H]3[C@@H](C(=O)O[C@H]1c1ccccc1)[C@@H]1O[C@@]32C=C1Br. The predicted octanol–water partition coefficient (Wildman–Crippen LogP) is 3.54. The van der Waals surface area contributed by atoms with Gasteiger partial charge in [0.1, 0.15) is 29.8 Å². The van der Waals surface area contributed by atoms with Crippen LogP contribution in [0, 0.1) is 11.8 Å². The van der Waals surface area contributed by atoms with Gasteiger partial charge in [0.15, 0.2) is 0 Å². The van der Waals surface area contributed by atoms with Crippen LogP contribution in [0.1, 0.15) is 70.0 Å². The molecule has 3 fully saturated rings. The number of hydrogen-bond acceptors (Lipinski definition) is 7. The molecule has 0 aromatic heterocycles. The summed E-state index contributed by atoms with van der Waals surface area (Å²) < 4.78 is 13.4. The highest BCUT2D eigenvalue weighted by molar-refractivity contribution is 9.11. The number of aliphatic hydroxyl groups is 1. The van der Waals surface area contributed by atoms with E-state index < -0.39 is 47.7 Å². The van der Waals surface area contributed by atoms with Crippen LogP contribution in [0.25, 0.3) is 0 Å². The van der Waals surface area contributed by atoms with Crippen molar-refractivity contribution in [3.05, 3.63) is 58.6 Å². The Hall–Kier alpha value is -3.02. The number of allylic oxidation sites excluding steroid dienone is 1. The number of nitrogens with one attached hydrogen (secondary N) is 1. The number of amides is 3. The smallest absolute Gasteiger partial charge is 0.313 e. The quantitative estimate of drug-likeness (QED) is 0.359. The minimum Gasteiger partial charge on any atom is -0.455 e. The van der Waals surface area contributed by atoms with Crippen molar-refractivity contribution in [2.45, 2.75) is 94.2 Å². The van der Waals surface area contributed by atoms with Crippen molar-refractivity contribution >= 4 is 39.6 Å². The van der Waals surface area contributed by atoms with Gasteiger partial charge >= 0.3 is 5.97 Å². The van der Waals surface area contributed by atoms with Crippen molar-refractivity contribution in [2.24, 2.45) is 11.8 Å². The Bertz CT molecular complexity index is 1360. The zero-order valence-corrected chi connectivity index (χ0v) is 27.2. The largest absolute Gasteiger partial charge is 0.455 e. The molecule has 6 rings (SSSR count). The van der Waals surface area contributed by atoms with Crippen molar-refractivity contribution in [3.63, 3.8) is 0 Å². The van der Waals surface area contributed by atoms with Crippen LogP contribution in [0.2, 0.25) is 0 Å². The predicted molar refractivity (Wildman–Crippen MR) is 169 cm³/mol. The van der Waals surface area contributed by atoms with Crippen molar-refractivity contribution < 1.29 is 33.8 Å². The molecule has 1 spiro atoms. The van der Waals surface area contributed by atoms with Crippen molar-refractivity contribution in [3.8, 4) is 0 Å². The van der Waals surface area contributed by atoms with Crippen molar-refractivity contribution in [1.29, 1.82) is 0 Å². The highest BCUT2D eigenvalue weighted by Crippen LogP contribution is 2.59. The van der Waals surface area contributed by atoms with Gasteiger partial charge in [0.05, 0.1) is 12.0 Å². The van der Waals surface area contributed by atoms with Gasteiger partial charge in [-0.05, 0) is 44.2 Å². The molecule has 1 aromatic rings. The monoisotopic (exact) mass is 683 g/mol. The van der Waals surface area contributed by atoms with E-state index in [0.29, 0.717) is 29.4 Å². The third kappa shape index (κ3) is 5.87. The molecule has 7 atom stereocenters. The van der Waals surface area contributed by atoms with Gasteiger partial charge in [0, 0.05) is 36.6 Å². The molecular weight excluding hydrogens is 642 g/mol. The fourth-order valence-electron chi connectivity index (χ4n) is 7.94. The van der Waals surface area contributed by atoms with E-state index in [1.54, 1.807) is 6.92 Å². The Morgan fingerprint density at radius 2 is 1.78 bits per heavy atom. The first-order valence-electron chi connectivity index (χ1n) is 16.2. The molecule has 2 saturated heterocycles. The maximum Gasteiger partial charge on any atom is 0.313 e. The van der Waals surface area contributed by atoms with Crippen LogP contribution in [0.4, 0.5) is 0 Å². The molecule has 4 heterocycles. The number of cyclic esters (lactones) is 1. The molecule has 1 aromatic carbocycles. The molecule has 5 bridgehead atoms. The number of halogens is 1. The minimum absolute atomic E-state index is 0.00536. The van der Waals surface area contributed by atoms with Gasteiger partial charge in [-0.2, -0.15) is 0 Å². The maximum atomic E-state index is 14.8. The lowest BCUT2D eigenvalue weighted by molar-refractivity contribution is -0.161. The summed E-state index contributed by atoms with van der Waals surface area (Å²) in [5, 5.41) is 12.7. The lowest BCUT2D eigenvalue weighted by Crippen LogP contribution is -2.58. The minimum atomic E-state index is -1.36. The lowest BCUT2D eigenvalue weighted by atomic mass is 9.74. The first-order chi connectivity index (χ1) is 21.8. The summed E-state index contributed by atoms with van der Waals surface area (Å²) in [7, 11) is 0. The van der Waals surface area contributed by atoms with E-state index in [2.05, 4.69) is 21.2 Å². The highest BCUT2D eigenvalue weighted by atomic mass is 79.9. The van der Waals surface area contributed by atoms with Crippen molar-refractivity contribution in [2.75, 3.05) is 19.7 Å². The summed E-state index contributed by atoms with van der Waals surface area (Å²) in [6.45, 7) is 2.16. The Kier molecular flexibility index (Phi) is 9.49. The van der Waals surface area contributed by atoms with E-state index in [9.17, 15) is 24.3 Å². The van der Waals surface area contributed by atoms with Gasteiger partial charge in [0.25, 0.3) is 0 Å². The third-order valence-corrected chi connectivity index (χ3v) is 10.7. The Morgan fingerprint density at radius 1 is 1.02 bits per heavy atom. The van der Waals surface area contributed by atoms with Gasteiger partial charge in [-0.3, -0.25) is 19.2 Å². The first kappa shape index (κ1) is 31.9. The molecule has 1 saturated carbocycles. The molecule has 10 nitrogen and oxygen atoms in total. The Morgan fingerprint density at radius 3 is 2.51 bits per heavy atom. The molecule has 3 amide bonds. The summed E-state index contributed by atoms with van der Waals surface area (Å²) >= 11 is 3.61. The van der Waals surface area contributed by atoms with E-state index in [1.165, 1.54) is 4.90 Å². The zero-order chi connectivity index (χ0) is 31.7. The number of benzene rings is 1. The van der Waals surface area contributed by atoms with E-state index >= 15 is 0 Å². The van der Waals surface area contributed by atoms with Crippen molar-refractivity contribution in [1.82, 2.24) is 15.1 Å². The molecule has 2 N–H and O–H groups in total. The van der Waals surface area contributed by atoms with Gasteiger partial charge < -0.3 is 29.7 Å². The maximum absolute atomic E-state index is 14.8. The van der Waals surface area contributed by atoms with Crippen LogP contribution in [0.5, 0.6) is 0 Å². The standard InChI is InChI=1S/C34H42BrN3O7/c1-21-28(22-12-5-2-6-13-22)44-33(43)26-27-31(41)38(18-11-19-39)30(34(27)20-24(35)29(26)45-34)32(42)37(23-14-7-3-8-15-23)17-10-4-9-16-25(40)36-21/h2,4-6,10,12-13,20-21,23,26-30,39H,3,7-9,11,14-19H2,1H3,(H,36,40)/b10-4-/t21-,26+,27-,28+,29+,30+,34-/m0/s1. The summed E-state index contributed by atoms with van der Waals surface area (Å²) in [5.74, 6) is -3.32. The molecule has 11 heteroatoms. The van der Waals surface area contributed by atoms with Gasteiger partial charge in [-0.25, -0.2) is 0 Å². The first-order valence-corrected chi connectivity index (χ1v) is 17.0. The third-order valence-electron chi connectivity index (χ3n) is 10.0. The van der Waals surface area contributed by atoms with E-state index in [4.69, 9.17) is 9.47 Å². The zero-order valence-electron chi connectivity index (χ0n) is 25.6. The summed E-state index contributed by atoms with van der Waals surface area (Å²) in [6, 6.07) is 7.69. The van der Waals surface area contributed by atoms with Crippen LogP contribution in [-0.4, -0.2) is 88.1 Å². The molecular formula is C34H42BrN3O7. The number of aliphatic hydroxyl groups excluding tert-OH is 1. The fraction of sp³-hybridized carbons (Fsp3) is 0.588. The second-order valence-electron chi connectivity index (χ2n) is 12.9. The second kappa shape index (κ2) is 13.4. The average molecular weight is 685 g/mol. The Balaban J connectivity index is 1.43. The summed E-state index contributed by atoms with van der Waals surface area (Å²) in [5.41, 5.74) is -0.646. The van der Waals surface area contributed by atoms with Gasteiger partial charge in [-0.15, -0.1) is 0 Å². The van der Waals surface area contributed by atoms with Crippen LogP contribution in [0.3, 0.4) is 0 Å². The van der Waals surface area contributed by atoms with E-state index in [0.717, 1.165) is 32.1 Å². The molecule has 0 unspecified atom stereocenters. The number of fused-ring (bicyclic) bond motifs is 2. The lowest BCUT2D eigenvalue weighted by Gasteiger charge is -2.40. The summed E-state index contributed by atoms with van der Waals surface area (Å²) in [6.07, 6.45) is 9.99. The van der Waals surface area contributed by atoms with Crippen LogP contribution < -0.4 is 5.32 Å². The number of ether oxygens (including phenoxy) is 2. The number of rotatable bonds is 5.